The molecule has 3 N–H and O–H groups in total. The lowest BCUT2D eigenvalue weighted by atomic mass is 10.1. The first-order valence-corrected chi connectivity index (χ1v) is 6.83. The van der Waals surface area contributed by atoms with Crippen molar-refractivity contribution >= 4 is 41.5 Å². The maximum atomic E-state index is 5.95. The molecule has 2 rings (SSSR count). The van der Waals surface area contributed by atoms with Crippen LogP contribution in [0.5, 0.6) is 0 Å². The van der Waals surface area contributed by atoms with Gasteiger partial charge in [-0.15, -0.1) is 24.0 Å². The summed E-state index contributed by atoms with van der Waals surface area (Å²) >= 11 is 5.95. The summed E-state index contributed by atoms with van der Waals surface area (Å²) in [6, 6.07) is 9.80. The van der Waals surface area contributed by atoms with E-state index in [2.05, 4.69) is 31.9 Å². The summed E-state index contributed by atoms with van der Waals surface area (Å²) in [5, 5.41) is 14.0. The summed E-state index contributed by atoms with van der Waals surface area (Å²) < 4.78 is 0. The first-order chi connectivity index (χ1) is 9.78. The van der Waals surface area contributed by atoms with Crippen LogP contribution < -0.4 is 10.6 Å². The highest BCUT2D eigenvalue weighted by Crippen LogP contribution is 2.10. The average molecular weight is 420 g/mol. The normalized spacial score (nSPS) is 10.9. The van der Waals surface area contributed by atoms with Crippen molar-refractivity contribution in [2.24, 2.45) is 4.99 Å². The number of aromatic nitrogens is 2. The highest BCUT2D eigenvalue weighted by Gasteiger charge is 1.99. The van der Waals surface area contributed by atoms with Gasteiger partial charge in [0.05, 0.1) is 12.2 Å². The number of nitrogens with zero attached hydrogens (tertiary/aromatic N) is 2. The van der Waals surface area contributed by atoms with Gasteiger partial charge in [0.2, 0.25) is 0 Å². The molecule has 0 bridgehead atoms. The molecular weight excluding hydrogens is 401 g/mol. The number of hydrogen-bond acceptors (Lipinski definition) is 2. The number of benzene rings is 1. The minimum absolute atomic E-state index is 0. The lowest BCUT2D eigenvalue weighted by Crippen LogP contribution is -2.37. The number of H-pyrrole nitrogens is 1. The lowest BCUT2D eigenvalue weighted by Gasteiger charge is -2.11. The molecule has 21 heavy (non-hydrogen) atoms. The molecule has 5 nitrogen and oxygen atoms in total. The summed E-state index contributed by atoms with van der Waals surface area (Å²) in [4.78, 5) is 4.17. The summed E-state index contributed by atoms with van der Waals surface area (Å²) in [5.41, 5.74) is 2.22. The van der Waals surface area contributed by atoms with Crippen molar-refractivity contribution < 1.29 is 0 Å². The Labute approximate surface area is 146 Å². The third kappa shape index (κ3) is 6.34. The second kappa shape index (κ2) is 9.62. The molecule has 0 aliphatic heterocycles. The topological polar surface area (TPSA) is 65.1 Å². The molecule has 0 fully saturated rings. The van der Waals surface area contributed by atoms with Crippen molar-refractivity contribution in [1.29, 1.82) is 0 Å². The zero-order valence-corrected chi connectivity index (χ0v) is 14.9. The molecule has 1 heterocycles. The predicted octanol–water partition coefficient (Wildman–Crippen LogP) is 2.59. The van der Waals surface area contributed by atoms with Gasteiger partial charge in [-0.05, 0) is 30.2 Å². The third-order valence-electron chi connectivity index (χ3n) is 2.82. The summed E-state index contributed by atoms with van der Waals surface area (Å²) in [6.07, 6.45) is 2.62. The van der Waals surface area contributed by atoms with E-state index in [1.165, 1.54) is 5.56 Å². The lowest BCUT2D eigenvalue weighted by molar-refractivity contribution is 0.780. The molecule has 114 valence electrons. The Hall–Kier alpha value is -1.28. The zero-order valence-electron chi connectivity index (χ0n) is 11.8. The van der Waals surface area contributed by atoms with Crippen LogP contribution in [0.25, 0.3) is 0 Å². The largest absolute Gasteiger partial charge is 0.356 e. The predicted molar refractivity (Wildman–Crippen MR) is 97.4 cm³/mol. The van der Waals surface area contributed by atoms with Gasteiger partial charge in [0.15, 0.2) is 5.96 Å². The SMILES string of the molecule is CN=C(NCCc1cccc(Cl)c1)NCc1ccn[nH]1.I. The van der Waals surface area contributed by atoms with Crippen molar-refractivity contribution in [1.82, 2.24) is 20.8 Å². The van der Waals surface area contributed by atoms with Crippen molar-refractivity contribution in [3.63, 3.8) is 0 Å². The Morgan fingerprint density at radius 2 is 2.19 bits per heavy atom. The number of hydrogen-bond donors (Lipinski definition) is 3. The average Bonchev–Trinajstić information content (AvgIpc) is 2.96. The molecule has 0 saturated heterocycles. The molecule has 0 unspecified atom stereocenters. The number of halogens is 2. The Bertz CT molecular complexity index is 556. The molecule has 2 aromatic rings. The molecule has 0 spiro atoms. The number of aromatic amines is 1. The standard InChI is InChI=1S/C14H18ClN5.HI/c1-16-14(18-10-13-6-8-19-20-13)17-7-5-11-3-2-4-12(15)9-11;/h2-4,6,8-9H,5,7,10H2,1H3,(H,19,20)(H2,16,17,18);1H. The van der Waals surface area contributed by atoms with Crippen molar-refractivity contribution in [2.45, 2.75) is 13.0 Å². The smallest absolute Gasteiger partial charge is 0.191 e. The van der Waals surface area contributed by atoms with Crippen molar-refractivity contribution in [2.75, 3.05) is 13.6 Å². The second-order valence-electron chi connectivity index (χ2n) is 4.31. The van der Waals surface area contributed by atoms with Crippen LogP contribution >= 0.6 is 35.6 Å². The number of aliphatic imine (C=N–C) groups is 1. The van der Waals surface area contributed by atoms with Gasteiger partial charge >= 0.3 is 0 Å². The van der Waals surface area contributed by atoms with E-state index in [-0.39, 0.29) is 24.0 Å². The fourth-order valence-electron chi connectivity index (χ4n) is 1.80. The van der Waals surface area contributed by atoms with Crippen molar-refractivity contribution in [3.05, 3.63) is 52.8 Å². The van der Waals surface area contributed by atoms with E-state index in [0.717, 1.165) is 29.6 Å². The fourth-order valence-corrected chi connectivity index (χ4v) is 2.01. The Balaban J connectivity index is 0.00000220. The highest BCUT2D eigenvalue weighted by molar-refractivity contribution is 14.0. The molecule has 1 aromatic carbocycles. The molecular formula is C14H19ClIN5. The maximum absolute atomic E-state index is 5.95. The summed E-state index contributed by atoms with van der Waals surface area (Å²) in [7, 11) is 1.75. The Morgan fingerprint density at radius 3 is 2.86 bits per heavy atom. The minimum atomic E-state index is 0. The third-order valence-corrected chi connectivity index (χ3v) is 3.06. The number of rotatable bonds is 5. The van der Waals surface area contributed by atoms with Crippen molar-refractivity contribution in [3.8, 4) is 0 Å². The van der Waals surface area contributed by atoms with E-state index in [1.807, 2.05) is 24.3 Å². The van der Waals surface area contributed by atoms with Gasteiger partial charge in [0, 0.05) is 24.8 Å². The van der Waals surface area contributed by atoms with Gasteiger partial charge in [0.1, 0.15) is 0 Å². The van der Waals surface area contributed by atoms with Gasteiger partial charge in [-0.1, -0.05) is 23.7 Å². The fraction of sp³-hybridized carbons (Fsp3) is 0.286. The zero-order chi connectivity index (χ0) is 14.2. The molecule has 0 aliphatic rings. The molecule has 7 heteroatoms. The van der Waals surface area contributed by atoms with Crippen LogP contribution in [-0.4, -0.2) is 29.7 Å². The highest BCUT2D eigenvalue weighted by atomic mass is 127. The van der Waals surface area contributed by atoms with Crippen LogP contribution in [0.1, 0.15) is 11.3 Å². The molecule has 0 aliphatic carbocycles. The van der Waals surface area contributed by atoms with E-state index in [0.29, 0.717) is 6.54 Å². The second-order valence-corrected chi connectivity index (χ2v) is 4.75. The minimum Gasteiger partial charge on any atom is -0.356 e. The van der Waals surface area contributed by atoms with Crippen LogP contribution in [0.2, 0.25) is 5.02 Å². The molecule has 0 radical (unpaired) electrons. The van der Waals surface area contributed by atoms with Gasteiger partial charge in [-0.2, -0.15) is 5.10 Å². The van der Waals surface area contributed by atoms with Crippen LogP contribution in [0, 0.1) is 0 Å². The van der Waals surface area contributed by atoms with Gasteiger partial charge < -0.3 is 10.6 Å². The van der Waals surface area contributed by atoms with E-state index in [1.54, 1.807) is 13.2 Å². The maximum Gasteiger partial charge on any atom is 0.191 e. The van der Waals surface area contributed by atoms with Gasteiger partial charge in [-0.3, -0.25) is 10.1 Å². The van der Waals surface area contributed by atoms with E-state index >= 15 is 0 Å². The molecule has 1 aromatic heterocycles. The van der Waals surface area contributed by atoms with E-state index < -0.39 is 0 Å². The van der Waals surface area contributed by atoms with E-state index in [9.17, 15) is 0 Å². The monoisotopic (exact) mass is 419 g/mol. The first-order valence-electron chi connectivity index (χ1n) is 6.45. The quantitative estimate of drug-likeness (QED) is 0.396. The van der Waals surface area contributed by atoms with Crippen LogP contribution in [-0.2, 0) is 13.0 Å². The Kier molecular flexibility index (Phi) is 8.14. The Morgan fingerprint density at radius 1 is 1.33 bits per heavy atom. The van der Waals surface area contributed by atoms with Crippen LogP contribution in [0.4, 0.5) is 0 Å². The molecule has 0 atom stereocenters. The number of nitrogens with one attached hydrogen (secondary N) is 3. The van der Waals surface area contributed by atoms with Gasteiger partial charge in [0.25, 0.3) is 0 Å². The molecule has 0 amide bonds. The van der Waals surface area contributed by atoms with E-state index in [4.69, 9.17) is 11.6 Å². The first kappa shape index (κ1) is 17.8. The molecule has 0 saturated carbocycles. The van der Waals surface area contributed by atoms with Crippen LogP contribution in [0.15, 0.2) is 41.5 Å². The van der Waals surface area contributed by atoms with Crippen LogP contribution in [0.3, 0.4) is 0 Å². The summed E-state index contributed by atoms with van der Waals surface area (Å²) in [6.45, 7) is 1.46. The summed E-state index contributed by atoms with van der Waals surface area (Å²) in [5.74, 6) is 0.765. The van der Waals surface area contributed by atoms with Gasteiger partial charge in [-0.25, -0.2) is 0 Å². The number of guanidine groups is 1.